The molecule has 140 valence electrons. The molecule has 0 aromatic carbocycles. The highest BCUT2D eigenvalue weighted by Gasteiger charge is 2.21. The lowest BCUT2D eigenvalue weighted by Gasteiger charge is -2.12. The number of hydrogen-bond acceptors (Lipinski definition) is 8. The molecule has 0 N–H and O–H groups in total. The summed E-state index contributed by atoms with van der Waals surface area (Å²) in [5.74, 6) is 1.20. The first kappa shape index (κ1) is 19.9. The van der Waals surface area contributed by atoms with Crippen molar-refractivity contribution in [2.24, 2.45) is 0 Å². The van der Waals surface area contributed by atoms with Gasteiger partial charge in [0.05, 0.1) is 11.3 Å². The molecule has 0 aliphatic rings. The summed E-state index contributed by atoms with van der Waals surface area (Å²) in [6.07, 6.45) is 5.01. The highest BCUT2D eigenvalue weighted by Crippen LogP contribution is 2.36. The minimum absolute atomic E-state index is 0.401. The van der Waals surface area contributed by atoms with Crippen LogP contribution in [0.25, 0.3) is 22.0 Å². The number of aryl methyl sites for hydroxylation is 1. The van der Waals surface area contributed by atoms with Gasteiger partial charge in [0.1, 0.15) is 27.5 Å². The summed E-state index contributed by atoms with van der Waals surface area (Å²) < 4.78 is 17.7. The zero-order valence-electron chi connectivity index (χ0n) is 15.0. The van der Waals surface area contributed by atoms with Crippen LogP contribution in [0.5, 0.6) is 0 Å². The molecule has 0 spiro atoms. The van der Waals surface area contributed by atoms with Gasteiger partial charge in [-0.15, -0.1) is 11.3 Å². The molecule has 1 atom stereocenters. The Kier molecular flexibility index (Phi) is 6.90. The van der Waals surface area contributed by atoms with E-state index in [1.165, 1.54) is 29.5 Å². The molecular formula is C18H18N4O2S3. The second kappa shape index (κ2) is 9.37. The standard InChI is InChI=1S/C18H18N4O2S3/c1-3-4-7-27(23)11-26-17-14(9-19)13(16-12(2)21-10-24-16)8-15(22-17)18-20-5-6-25-18/h5-6,8,10H,3-4,7,11H2,1-2H3. The Morgan fingerprint density at radius 3 is 2.89 bits per heavy atom. The Balaban J connectivity index is 2.02. The minimum atomic E-state index is -0.957. The molecule has 0 saturated carbocycles. The van der Waals surface area contributed by atoms with Crippen molar-refractivity contribution in [2.75, 3.05) is 10.8 Å². The first-order valence-electron chi connectivity index (χ1n) is 8.37. The number of unbranched alkanes of at least 4 members (excludes halogenated alkanes) is 1. The maximum absolute atomic E-state index is 12.2. The molecule has 0 aliphatic heterocycles. The predicted molar refractivity (Wildman–Crippen MR) is 109 cm³/mol. The number of pyridine rings is 1. The molecule has 0 aliphatic carbocycles. The Morgan fingerprint density at radius 2 is 2.26 bits per heavy atom. The summed E-state index contributed by atoms with van der Waals surface area (Å²) in [7, 11) is 0. The van der Waals surface area contributed by atoms with Gasteiger partial charge < -0.3 is 8.97 Å². The molecule has 0 fully saturated rings. The zero-order valence-corrected chi connectivity index (χ0v) is 17.4. The molecular weight excluding hydrogens is 400 g/mol. The molecule has 6 nitrogen and oxygen atoms in total. The summed E-state index contributed by atoms with van der Waals surface area (Å²) in [5, 5.41) is 13.3. The Bertz CT molecular complexity index is 935. The van der Waals surface area contributed by atoms with Gasteiger partial charge in [-0.05, 0) is 30.6 Å². The van der Waals surface area contributed by atoms with E-state index in [9.17, 15) is 9.81 Å². The largest absolute Gasteiger partial charge is 0.616 e. The zero-order chi connectivity index (χ0) is 19.2. The van der Waals surface area contributed by atoms with E-state index in [4.69, 9.17) is 4.42 Å². The van der Waals surface area contributed by atoms with Crippen LogP contribution in [-0.4, -0.2) is 30.3 Å². The minimum Gasteiger partial charge on any atom is -0.616 e. The third-order valence-electron chi connectivity index (χ3n) is 3.79. The highest BCUT2D eigenvalue weighted by atomic mass is 32.3. The van der Waals surface area contributed by atoms with Crippen LogP contribution in [0.1, 0.15) is 31.0 Å². The normalized spacial score (nSPS) is 12.1. The topological polar surface area (TPSA) is 98.7 Å². The average molecular weight is 419 g/mol. The number of oxazole rings is 1. The lowest BCUT2D eigenvalue weighted by Crippen LogP contribution is -2.09. The molecule has 3 rings (SSSR count). The van der Waals surface area contributed by atoms with Gasteiger partial charge in [0.2, 0.25) is 0 Å². The van der Waals surface area contributed by atoms with Gasteiger partial charge in [-0.25, -0.2) is 15.0 Å². The van der Waals surface area contributed by atoms with E-state index in [0.717, 1.165) is 17.8 Å². The maximum Gasteiger partial charge on any atom is 0.181 e. The lowest BCUT2D eigenvalue weighted by atomic mass is 10.1. The molecule has 0 saturated heterocycles. The van der Waals surface area contributed by atoms with Crippen LogP contribution in [0.15, 0.2) is 33.5 Å². The van der Waals surface area contributed by atoms with Crippen LogP contribution in [-0.2, 0) is 11.2 Å². The van der Waals surface area contributed by atoms with Gasteiger partial charge in [0, 0.05) is 17.1 Å². The van der Waals surface area contributed by atoms with Crippen molar-refractivity contribution in [3.05, 3.63) is 35.3 Å². The summed E-state index contributed by atoms with van der Waals surface area (Å²) in [6, 6.07) is 4.04. The fourth-order valence-electron chi connectivity index (χ4n) is 2.42. The molecule has 3 aromatic rings. The van der Waals surface area contributed by atoms with Crippen molar-refractivity contribution in [1.82, 2.24) is 15.0 Å². The maximum atomic E-state index is 12.2. The van der Waals surface area contributed by atoms with E-state index in [-0.39, 0.29) is 0 Å². The summed E-state index contributed by atoms with van der Waals surface area (Å²) >= 11 is 1.85. The summed E-state index contributed by atoms with van der Waals surface area (Å²) in [4.78, 5) is 13.1. The van der Waals surface area contributed by atoms with E-state index < -0.39 is 11.2 Å². The number of thioether (sulfide) groups is 1. The van der Waals surface area contributed by atoms with E-state index in [2.05, 4.69) is 27.9 Å². The molecule has 0 radical (unpaired) electrons. The molecule has 0 bridgehead atoms. The van der Waals surface area contributed by atoms with E-state index in [0.29, 0.717) is 44.1 Å². The van der Waals surface area contributed by atoms with Crippen molar-refractivity contribution in [2.45, 2.75) is 31.7 Å². The number of aromatic nitrogens is 3. The van der Waals surface area contributed by atoms with E-state index in [1.807, 2.05) is 18.4 Å². The first-order valence-corrected chi connectivity index (χ1v) is 11.7. The predicted octanol–water partition coefficient (Wildman–Crippen LogP) is 4.64. The smallest absolute Gasteiger partial charge is 0.181 e. The Hall–Kier alpha value is -1.86. The van der Waals surface area contributed by atoms with Crippen LogP contribution in [0, 0.1) is 18.3 Å². The fraction of sp³-hybridized carbons (Fsp3) is 0.333. The van der Waals surface area contributed by atoms with Crippen molar-refractivity contribution >= 4 is 34.3 Å². The van der Waals surface area contributed by atoms with Crippen molar-refractivity contribution < 1.29 is 8.97 Å². The van der Waals surface area contributed by atoms with Crippen molar-refractivity contribution in [1.29, 1.82) is 5.26 Å². The van der Waals surface area contributed by atoms with Crippen LogP contribution in [0.2, 0.25) is 0 Å². The third kappa shape index (κ3) is 4.71. The number of rotatable bonds is 8. The number of hydrogen-bond donors (Lipinski definition) is 0. The summed E-state index contributed by atoms with van der Waals surface area (Å²) in [5.41, 5.74) is 2.41. The fourth-order valence-corrected chi connectivity index (χ4v) is 5.53. The van der Waals surface area contributed by atoms with Crippen LogP contribution >= 0.6 is 23.1 Å². The third-order valence-corrected chi connectivity index (χ3v) is 7.42. The number of thiazole rings is 1. The second-order valence-corrected chi connectivity index (χ2v) is 9.51. The first-order chi connectivity index (χ1) is 13.1. The lowest BCUT2D eigenvalue weighted by molar-refractivity contribution is 0.571. The van der Waals surface area contributed by atoms with Crippen LogP contribution in [0.4, 0.5) is 0 Å². The van der Waals surface area contributed by atoms with Crippen LogP contribution in [0.3, 0.4) is 0 Å². The molecule has 0 amide bonds. The Morgan fingerprint density at radius 1 is 1.41 bits per heavy atom. The van der Waals surface area contributed by atoms with Crippen molar-refractivity contribution in [3.8, 4) is 28.1 Å². The molecule has 27 heavy (non-hydrogen) atoms. The molecule has 3 heterocycles. The monoisotopic (exact) mass is 418 g/mol. The van der Waals surface area contributed by atoms with E-state index >= 15 is 0 Å². The number of nitrogens with zero attached hydrogens (tertiary/aromatic N) is 4. The Labute approximate surface area is 169 Å². The average Bonchev–Trinajstić information content (AvgIpc) is 3.35. The molecule has 9 heteroatoms. The van der Waals surface area contributed by atoms with Gasteiger partial charge in [-0.3, -0.25) is 0 Å². The number of nitriles is 1. The highest BCUT2D eigenvalue weighted by molar-refractivity contribution is 8.12. The SMILES string of the molecule is CCCC[S+]([O-])CSc1nc(-c2nccs2)cc(-c2ocnc2C)c1C#N. The van der Waals surface area contributed by atoms with Crippen molar-refractivity contribution in [3.63, 3.8) is 0 Å². The van der Waals surface area contributed by atoms with Gasteiger partial charge in [-0.2, -0.15) is 5.26 Å². The van der Waals surface area contributed by atoms with Gasteiger partial charge in [0.25, 0.3) is 0 Å². The molecule has 3 aromatic heterocycles. The van der Waals surface area contributed by atoms with Gasteiger partial charge in [-0.1, -0.05) is 25.1 Å². The second-order valence-electron chi connectivity index (χ2n) is 5.71. The van der Waals surface area contributed by atoms with Gasteiger partial charge in [0.15, 0.2) is 17.2 Å². The van der Waals surface area contributed by atoms with Crippen LogP contribution < -0.4 is 0 Å². The summed E-state index contributed by atoms with van der Waals surface area (Å²) in [6.45, 7) is 3.90. The quantitative estimate of drug-likeness (QED) is 0.388. The van der Waals surface area contributed by atoms with E-state index in [1.54, 1.807) is 6.20 Å². The molecule has 1 unspecified atom stereocenters. The van der Waals surface area contributed by atoms with Gasteiger partial charge >= 0.3 is 0 Å².